The Balaban J connectivity index is 1.73. The van der Waals surface area contributed by atoms with E-state index in [2.05, 4.69) is 10.3 Å². The third-order valence-corrected chi connectivity index (χ3v) is 4.71. The molecule has 0 saturated heterocycles. The number of para-hydroxylation sites is 1. The molecule has 0 saturated carbocycles. The fraction of sp³-hybridized carbons (Fsp3) is 0.280. The Morgan fingerprint density at radius 3 is 2.70 bits per heavy atom. The van der Waals surface area contributed by atoms with Crippen molar-refractivity contribution in [2.45, 2.75) is 38.8 Å². The number of carbonyl (C=O) groups excluding carboxylic acids is 2. The number of ether oxygens (including phenoxy) is 2. The first-order chi connectivity index (χ1) is 15.7. The molecular weight excluding hydrogens is 422 g/mol. The Kier molecular flexibility index (Phi) is 7.74. The topological polar surface area (TPSA) is 113 Å². The van der Waals surface area contributed by atoms with Crippen LogP contribution in [0.3, 0.4) is 0 Å². The molecule has 1 aromatic heterocycles. The summed E-state index contributed by atoms with van der Waals surface area (Å²) in [5.41, 5.74) is 3.74. The fourth-order valence-electron chi connectivity index (χ4n) is 3.31. The van der Waals surface area contributed by atoms with Gasteiger partial charge < -0.3 is 19.8 Å². The van der Waals surface area contributed by atoms with Gasteiger partial charge in [-0.15, -0.1) is 0 Å². The van der Waals surface area contributed by atoms with E-state index in [1.165, 1.54) is 6.08 Å². The van der Waals surface area contributed by atoms with Crippen molar-refractivity contribution in [2.75, 3.05) is 6.61 Å². The summed E-state index contributed by atoms with van der Waals surface area (Å²) < 4.78 is 11.4. The zero-order valence-electron chi connectivity index (χ0n) is 18.9. The molecule has 8 nitrogen and oxygen atoms in total. The first-order valence-corrected chi connectivity index (χ1v) is 10.6. The molecule has 33 heavy (non-hydrogen) atoms. The van der Waals surface area contributed by atoms with Crippen molar-refractivity contribution < 1.29 is 24.3 Å². The number of amides is 2. The number of hydroxylamine groups is 1. The van der Waals surface area contributed by atoms with Crippen molar-refractivity contribution in [1.29, 1.82) is 0 Å². The number of aromatic nitrogens is 1. The van der Waals surface area contributed by atoms with Crippen LogP contribution in [0.25, 0.3) is 17.0 Å². The van der Waals surface area contributed by atoms with E-state index in [0.717, 1.165) is 22.0 Å². The van der Waals surface area contributed by atoms with Gasteiger partial charge in [0.25, 0.3) is 5.91 Å². The lowest BCUT2D eigenvalue weighted by atomic mass is 10.1. The van der Waals surface area contributed by atoms with Gasteiger partial charge in [-0.1, -0.05) is 30.3 Å². The van der Waals surface area contributed by atoms with Gasteiger partial charge in [-0.05, 0) is 62.6 Å². The summed E-state index contributed by atoms with van der Waals surface area (Å²) in [4.78, 5) is 26.9. The number of nitrogens with one attached hydrogen (secondary N) is 3. The summed E-state index contributed by atoms with van der Waals surface area (Å²) >= 11 is 0. The number of benzene rings is 2. The van der Waals surface area contributed by atoms with E-state index in [9.17, 15) is 9.59 Å². The first-order valence-electron chi connectivity index (χ1n) is 10.6. The standard InChI is InChI=1S/C25H29N3O5/c1-25(2,3)33-24(30)27-19(14-18-15-26-22-10-5-4-9-21(18)22)16-32-20-8-6-7-17(13-20)11-12-23(29)28-31/h4-13,15,19,26,31H,14,16H2,1-3H3,(H,27,30)(H,28,29)/b12-11+/t19-/m0/s1. The Labute approximate surface area is 192 Å². The molecule has 1 heterocycles. The van der Waals surface area contributed by atoms with Gasteiger partial charge in [-0.3, -0.25) is 10.0 Å². The molecule has 1 atom stereocenters. The lowest BCUT2D eigenvalue weighted by Crippen LogP contribution is -2.43. The Hall–Kier alpha value is -3.78. The normalized spacial score (nSPS) is 12.5. The maximum absolute atomic E-state index is 12.4. The van der Waals surface area contributed by atoms with Crippen LogP contribution in [0, 0.1) is 0 Å². The highest BCUT2D eigenvalue weighted by Crippen LogP contribution is 2.20. The predicted molar refractivity (Wildman–Crippen MR) is 126 cm³/mol. The number of hydrogen-bond acceptors (Lipinski definition) is 5. The van der Waals surface area contributed by atoms with Gasteiger partial charge in [0.05, 0.1) is 6.04 Å². The number of aromatic amines is 1. The Morgan fingerprint density at radius 1 is 1.15 bits per heavy atom. The van der Waals surface area contributed by atoms with Crippen LogP contribution < -0.4 is 15.5 Å². The second kappa shape index (κ2) is 10.7. The number of fused-ring (bicyclic) bond motifs is 1. The lowest BCUT2D eigenvalue weighted by molar-refractivity contribution is -0.124. The minimum absolute atomic E-state index is 0.211. The molecular formula is C25H29N3O5. The number of carbonyl (C=O) groups is 2. The molecule has 3 rings (SSSR count). The third kappa shape index (κ3) is 7.40. The highest BCUT2D eigenvalue weighted by molar-refractivity contribution is 5.90. The minimum Gasteiger partial charge on any atom is -0.491 e. The molecule has 0 aliphatic heterocycles. The summed E-state index contributed by atoms with van der Waals surface area (Å²) in [5.74, 6) is -0.0434. The molecule has 0 fully saturated rings. The van der Waals surface area contributed by atoms with E-state index in [4.69, 9.17) is 14.7 Å². The van der Waals surface area contributed by atoms with E-state index in [-0.39, 0.29) is 12.6 Å². The minimum atomic E-state index is -0.623. The Morgan fingerprint density at radius 2 is 1.94 bits per heavy atom. The summed E-state index contributed by atoms with van der Waals surface area (Å²) in [6.07, 6.45) is 4.73. The maximum atomic E-state index is 12.4. The maximum Gasteiger partial charge on any atom is 0.408 e. The van der Waals surface area contributed by atoms with Crippen LogP contribution in [0.15, 0.2) is 60.8 Å². The SMILES string of the molecule is CC(C)(C)OC(=O)N[C@H](COc1cccc(/C=C/C(=O)NO)c1)Cc1c[nH]c2ccccc12. The van der Waals surface area contributed by atoms with Gasteiger partial charge in [-0.2, -0.15) is 0 Å². The van der Waals surface area contributed by atoms with E-state index in [1.54, 1.807) is 35.8 Å². The molecule has 4 N–H and O–H groups in total. The molecule has 0 bridgehead atoms. The number of H-pyrrole nitrogens is 1. The molecule has 3 aromatic rings. The summed E-state index contributed by atoms with van der Waals surface area (Å²) in [6, 6.07) is 14.8. The summed E-state index contributed by atoms with van der Waals surface area (Å²) in [6.45, 7) is 5.65. The Bertz CT molecular complexity index is 1130. The van der Waals surface area contributed by atoms with Crippen LogP contribution >= 0.6 is 0 Å². The van der Waals surface area contributed by atoms with Crippen molar-refractivity contribution in [3.63, 3.8) is 0 Å². The van der Waals surface area contributed by atoms with E-state index in [0.29, 0.717) is 12.2 Å². The van der Waals surface area contributed by atoms with Gasteiger partial charge in [0.2, 0.25) is 0 Å². The molecule has 0 unspecified atom stereocenters. The molecule has 2 amide bonds. The second-order valence-electron chi connectivity index (χ2n) is 8.60. The zero-order chi connectivity index (χ0) is 23.8. The molecule has 0 aliphatic carbocycles. The van der Waals surface area contributed by atoms with Gasteiger partial charge >= 0.3 is 6.09 Å². The van der Waals surface area contributed by atoms with E-state index < -0.39 is 17.6 Å². The van der Waals surface area contributed by atoms with Crippen LogP contribution in [0.5, 0.6) is 5.75 Å². The molecule has 8 heteroatoms. The predicted octanol–water partition coefficient (Wildman–Crippen LogP) is 4.20. The molecule has 0 aliphatic rings. The monoisotopic (exact) mass is 451 g/mol. The van der Waals surface area contributed by atoms with Crippen LogP contribution in [0.4, 0.5) is 4.79 Å². The largest absolute Gasteiger partial charge is 0.491 e. The average Bonchev–Trinajstić information content (AvgIpc) is 3.17. The number of hydrogen-bond donors (Lipinski definition) is 4. The lowest BCUT2D eigenvalue weighted by Gasteiger charge is -2.24. The second-order valence-corrected chi connectivity index (χ2v) is 8.60. The quantitative estimate of drug-likeness (QED) is 0.233. The van der Waals surface area contributed by atoms with Gasteiger partial charge in [0.1, 0.15) is 18.0 Å². The average molecular weight is 452 g/mol. The van der Waals surface area contributed by atoms with Crippen molar-refractivity contribution in [2.24, 2.45) is 0 Å². The molecule has 0 radical (unpaired) electrons. The molecule has 174 valence electrons. The molecule has 0 spiro atoms. The number of rotatable bonds is 8. The summed E-state index contributed by atoms with van der Waals surface area (Å²) in [5, 5.41) is 12.6. The van der Waals surface area contributed by atoms with E-state index in [1.807, 2.05) is 51.2 Å². The highest BCUT2D eigenvalue weighted by Gasteiger charge is 2.21. The van der Waals surface area contributed by atoms with Gasteiger partial charge in [-0.25, -0.2) is 10.3 Å². The fourth-order valence-corrected chi connectivity index (χ4v) is 3.31. The zero-order valence-corrected chi connectivity index (χ0v) is 18.9. The number of alkyl carbamates (subject to hydrolysis) is 1. The van der Waals surface area contributed by atoms with Crippen LogP contribution in [-0.4, -0.2) is 40.4 Å². The van der Waals surface area contributed by atoms with Gasteiger partial charge in [0.15, 0.2) is 0 Å². The van der Waals surface area contributed by atoms with Crippen LogP contribution in [0.1, 0.15) is 31.9 Å². The smallest absolute Gasteiger partial charge is 0.408 e. The van der Waals surface area contributed by atoms with Crippen molar-refractivity contribution in [3.05, 3.63) is 71.9 Å². The van der Waals surface area contributed by atoms with Crippen LogP contribution in [0.2, 0.25) is 0 Å². The first kappa shape index (κ1) is 23.9. The van der Waals surface area contributed by atoms with Crippen molar-refractivity contribution in [3.8, 4) is 5.75 Å². The van der Waals surface area contributed by atoms with Gasteiger partial charge in [0, 0.05) is 23.2 Å². The third-order valence-electron chi connectivity index (χ3n) is 4.71. The van der Waals surface area contributed by atoms with Crippen LogP contribution in [-0.2, 0) is 16.0 Å². The highest BCUT2D eigenvalue weighted by atomic mass is 16.6. The summed E-state index contributed by atoms with van der Waals surface area (Å²) in [7, 11) is 0. The van der Waals surface area contributed by atoms with Crippen molar-refractivity contribution >= 4 is 29.0 Å². The van der Waals surface area contributed by atoms with Crippen molar-refractivity contribution in [1.82, 2.24) is 15.8 Å². The van der Waals surface area contributed by atoms with E-state index >= 15 is 0 Å². The molecule has 2 aromatic carbocycles.